The van der Waals surface area contributed by atoms with E-state index < -0.39 is 11.6 Å². The van der Waals surface area contributed by atoms with Crippen LogP contribution in [0.2, 0.25) is 0 Å². The Morgan fingerprint density at radius 2 is 1.88 bits per heavy atom. The van der Waals surface area contributed by atoms with Crippen LogP contribution in [-0.2, 0) is 5.60 Å². The Balaban J connectivity index is 2.13. The summed E-state index contributed by atoms with van der Waals surface area (Å²) in [6, 6.07) is 10.6. The van der Waals surface area contributed by atoms with Crippen molar-refractivity contribution in [2.24, 2.45) is 0 Å². The fraction of sp³-hybridized carbons (Fsp3) is 0.200. The molecule has 0 amide bonds. The Morgan fingerprint density at radius 3 is 2.60 bits per heavy atom. The van der Waals surface area contributed by atoms with Crippen molar-refractivity contribution in [2.45, 2.75) is 26.4 Å². The number of hydrogen-bond donors (Lipinski definition) is 1. The maximum atomic E-state index is 12.5. The molecule has 1 aliphatic rings. The third-order valence-corrected chi connectivity index (χ3v) is 4.65. The van der Waals surface area contributed by atoms with Gasteiger partial charge in [0.1, 0.15) is 16.9 Å². The molecule has 5 nitrogen and oxygen atoms in total. The molecule has 1 aromatic heterocycles. The first-order valence-electron chi connectivity index (χ1n) is 7.93. The van der Waals surface area contributed by atoms with Gasteiger partial charge >= 0.3 is 5.97 Å². The zero-order valence-corrected chi connectivity index (χ0v) is 14.0. The molecule has 1 N–H and O–H groups in total. The largest absolute Gasteiger partial charge is 0.482 e. The number of hydrogen-bond acceptors (Lipinski definition) is 4. The molecule has 3 aromatic rings. The van der Waals surface area contributed by atoms with Gasteiger partial charge in [-0.2, -0.15) is 0 Å². The van der Waals surface area contributed by atoms with Gasteiger partial charge in [0.2, 0.25) is 5.76 Å². The molecule has 1 aliphatic heterocycles. The van der Waals surface area contributed by atoms with Gasteiger partial charge in [0.05, 0.1) is 5.39 Å². The highest BCUT2D eigenvalue weighted by atomic mass is 16.5. The van der Waals surface area contributed by atoms with Gasteiger partial charge in [-0.3, -0.25) is 4.79 Å². The second-order valence-corrected chi connectivity index (χ2v) is 6.69. The second kappa shape index (κ2) is 4.96. The number of aryl methyl sites for hydroxylation is 1. The van der Waals surface area contributed by atoms with E-state index in [1.165, 1.54) is 0 Å². The Hall–Kier alpha value is -3.08. The van der Waals surface area contributed by atoms with E-state index in [1.807, 2.05) is 45.0 Å². The minimum absolute atomic E-state index is 0.219. The number of carbonyl (C=O) groups is 1. The van der Waals surface area contributed by atoms with Crippen molar-refractivity contribution in [3.8, 4) is 16.9 Å². The van der Waals surface area contributed by atoms with Gasteiger partial charge in [-0.05, 0) is 31.9 Å². The first-order chi connectivity index (χ1) is 11.8. The summed E-state index contributed by atoms with van der Waals surface area (Å²) in [4.78, 5) is 23.7. The monoisotopic (exact) mass is 336 g/mol. The van der Waals surface area contributed by atoms with Gasteiger partial charge < -0.3 is 14.3 Å². The van der Waals surface area contributed by atoms with Crippen LogP contribution in [0.5, 0.6) is 5.75 Å². The van der Waals surface area contributed by atoms with Crippen LogP contribution < -0.4 is 10.2 Å². The highest BCUT2D eigenvalue weighted by Gasteiger charge is 2.34. The Morgan fingerprint density at radius 1 is 1.16 bits per heavy atom. The topological polar surface area (TPSA) is 76.7 Å². The molecular weight excluding hydrogens is 320 g/mol. The van der Waals surface area contributed by atoms with E-state index in [1.54, 1.807) is 6.07 Å². The molecule has 0 saturated heterocycles. The minimum atomic E-state index is -1.28. The second-order valence-electron chi connectivity index (χ2n) is 6.69. The van der Waals surface area contributed by atoms with E-state index in [0.717, 1.165) is 28.3 Å². The van der Waals surface area contributed by atoms with E-state index in [-0.39, 0.29) is 16.8 Å². The minimum Gasteiger partial charge on any atom is -0.482 e. The number of benzene rings is 2. The summed E-state index contributed by atoms with van der Waals surface area (Å²) in [6.45, 7) is 5.77. The van der Waals surface area contributed by atoms with Crippen LogP contribution in [-0.4, -0.2) is 11.1 Å². The van der Waals surface area contributed by atoms with Crippen LogP contribution in [0, 0.1) is 6.92 Å². The third kappa shape index (κ3) is 2.16. The zero-order chi connectivity index (χ0) is 17.9. The van der Waals surface area contributed by atoms with Crippen LogP contribution in [0.4, 0.5) is 0 Å². The lowest BCUT2D eigenvalue weighted by molar-refractivity contribution is 0.0662. The SMILES string of the molecule is Cc1c2c(cc3oc(C(=O)O)cc(=O)c13)OC(C)(C)c1ccccc1-2. The smallest absolute Gasteiger partial charge is 0.371 e. The molecular formula is C20H16O5. The van der Waals surface area contributed by atoms with Gasteiger partial charge in [-0.1, -0.05) is 24.3 Å². The average molecular weight is 336 g/mol. The molecule has 0 atom stereocenters. The summed E-state index contributed by atoms with van der Waals surface area (Å²) in [7, 11) is 0. The third-order valence-electron chi connectivity index (χ3n) is 4.65. The maximum absolute atomic E-state index is 12.5. The summed E-state index contributed by atoms with van der Waals surface area (Å²) < 4.78 is 11.6. The van der Waals surface area contributed by atoms with Gasteiger partial charge in [0, 0.05) is 23.3 Å². The normalized spacial score (nSPS) is 14.5. The lowest BCUT2D eigenvalue weighted by atomic mass is 9.84. The lowest BCUT2D eigenvalue weighted by Gasteiger charge is -2.35. The van der Waals surface area contributed by atoms with Crippen molar-refractivity contribution in [3.63, 3.8) is 0 Å². The van der Waals surface area contributed by atoms with Crippen molar-refractivity contribution in [3.05, 3.63) is 63.5 Å². The van der Waals surface area contributed by atoms with Crippen LogP contribution in [0.1, 0.15) is 35.5 Å². The van der Waals surface area contributed by atoms with Crippen molar-refractivity contribution in [2.75, 3.05) is 0 Å². The van der Waals surface area contributed by atoms with E-state index in [4.69, 9.17) is 14.3 Å². The van der Waals surface area contributed by atoms with Crippen LogP contribution >= 0.6 is 0 Å². The van der Waals surface area contributed by atoms with Crippen molar-refractivity contribution < 1.29 is 19.1 Å². The number of aromatic carboxylic acids is 1. The Kier molecular flexibility index (Phi) is 3.06. The van der Waals surface area contributed by atoms with E-state index in [2.05, 4.69) is 0 Å². The summed E-state index contributed by atoms with van der Waals surface area (Å²) in [6.07, 6.45) is 0. The standard InChI is InChI=1S/C20H16O5/c1-10-17-11-6-4-5-7-12(11)20(2,3)25-15(17)9-14-18(10)13(21)8-16(24-14)19(22)23/h4-9H,1-3H3,(H,22,23). The molecule has 0 saturated carbocycles. The first kappa shape index (κ1) is 15.4. The predicted molar refractivity (Wildman–Crippen MR) is 93.3 cm³/mol. The number of carboxylic acid groups (broad SMARTS) is 1. The molecule has 5 heteroatoms. The lowest BCUT2D eigenvalue weighted by Crippen LogP contribution is -2.29. The quantitative estimate of drug-likeness (QED) is 0.724. The molecule has 2 heterocycles. The molecule has 0 radical (unpaired) electrons. The van der Waals surface area contributed by atoms with Crippen molar-refractivity contribution >= 4 is 16.9 Å². The Labute approximate surface area is 143 Å². The summed E-state index contributed by atoms with van der Waals surface area (Å²) >= 11 is 0. The highest BCUT2D eigenvalue weighted by molar-refractivity contribution is 5.95. The van der Waals surface area contributed by atoms with Crippen LogP contribution in [0.15, 0.2) is 45.6 Å². The molecule has 2 aromatic carbocycles. The zero-order valence-electron chi connectivity index (χ0n) is 14.0. The molecule has 0 bridgehead atoms. The van der Waals surface area contributed by atoms with Crippen molar-refractivity contribution in [1.82, 2.24) is 0 Å². The number of fused-ring (bicyclic) bond motifs is 4. The number of ether oxygens (including phenoxy) is 1. The number of rotatable bonds is 1. The molecule has 0 fully saturated rings. The van der Waals surface area contributed by atoms with Gasteiger partial charge in [0.15, 0.2) is 5.43 Å². The molecule has 25 heavy (non-hydrogen) atoms. The van der Waals surface area contributed by atoms with Gasteiger partial charge in [-0.15, -0.1) is 0 Å². The Bertz CT molecular complexity index is 1110. The molecule has 0 aliphatic carbocycles. The number of carboxylic acids is 1. The summed E-state index contributed by atoms with van der Waals surface area (Å²) in [5.41, 5.74) is 2.91. The van der Waals surface area contributed by atoms with Crippen molar-refractivity contribution in [1.29, 1.82) is 0 Å². The molecule has 0 spiro atoms. The maximum Gasteiger partial charge on any atom is 0.371 e. The average Bonchev–Trinajstić information content (AvgIpc) is 2.53. The van der Waals surface area contributed by atoms with E-state index in [9.17, 15) is 9.59 Å². The molecule has 0 unspecified atom stereocenters. The first-order valence-corrected chi connectivity index (χ1v) is 7.93. The van der Waals surface area contributed by atoms with E-state index >= 15 is 0 Å². The van der Waals surface area contributed by atoms with Gasteiger partial charge in [0.25, 0.3) is 0 Å². The highest BCUT2D eigenvalue weighted by Crippen LogP contribution is 2.48. The van der Waals surface area contributed by atoms with E-state index in [0.29, 0.717) is 11.1 Å². The molecule has 126 valence electrons. The van der Waals surface area contributed by atoms with Gasteiger partial charge in [-0.25, -0.2) is 4.79 Å². The predicted octanol–water partition coefficient (Wildman–Crippen LogP) is 4.09. The summed E-state index contributed by atoms with van der Waals surface area (Å²) in [5, 5.41) is 9.50. The van der Waals surface area contributed by atoms with Crippen LogP contribution in [0.25, 0.3) is 22.1 Å². The summed E-state index contributed by atoms with van der Waals surface area (Å²) in [5.74, 6) is -1.08. The fourth-order valence-corrected chi connectivity index (χ4v) is 3.56. The fourth-order valence-electron chi connectivity index (χ4n) is 3.56. The molecule has 4 rings (SSSR count). The van der Waals surface area contributed by atoms with Crippen LogP contribution in [0.3, 0.4) is 0 Å².